The Balaban J connectivity index is 0.00000118. The molecule has 1 fully saturated rings. The van der Waals surface area contributed by atoms with E-state index in [2.05, 4.69) is 98.1 Å². The molecule has 3 aromatic rings. The van der Waals surface area contributed by atoms with E-state index in [9.17, 15) is 14.7 Å². The van der Waals surface area contributed by atoms with Crippen molar-refractivity contribution in [1.29, 1.82) is 0 Å². The fourth-order valence-corrected chi connectivity index (χ4v) is 7.62. The van der Waals surface area contributed by atoms with Gasteiger partial charge in [-0.1, -0.05) is 93.2 Å². The molecule has 2 unspecified atom stereocenters. The number of likely N-dealkylation sites (tertiary alicyclic amines) is 1. The third kappa shape index (κ3) is 10.5. The van der Waals surface area contributed by atoms with Crippen LogP contribution in [0.3, 0.4) is 0 Å². The van der Waals surface area contributed by atoms with E-state index in [0.717, 1.165) is 91.2 Å². The zero-order valence-corrected chi connectivity index (χ0v) is 35.7. The Hall–Kier alpha value is -3.64. The summed E-state index contributed by atoms with van der Waals surface area (Å²) < 4.78 is 1.62. The summed E-state index contributed by atoms with van der Waals surface area (Å²) in [5.74, 6) is 1.99. The molecule has 53 heavy (non-hydrogen) atoms. The van der Waals surface area contributed by atoms with E-state index in [1.54, 1.807) is 11.6 Å². The molecule has 2 atom stereocenters. The summed E-state index contributed by atoms with van der Waals surface area (Å²) in [6.45, 7) is 34.9. The van der Waals surface area contributed by atoms with E-state index in [1.807, 2.05) is 44.9 Å². The van der Waals surface area contributed by atoms with Gasteiger partial charge in [-0.05, 0) is 129 Å². The number of aromatic hydroxyl groups is 1. The first-order chi connectivity index (χ1) is 24.8. The normalized spacial score (nSPS) is 17.0. The molecule has 1 N–H and O–H groups in total. The number of pyridine rings is 1. The van der Waals surface area contributed by atoms with Gasteiger partial charge in [-0.25, -0.2) is 0 Å². The predicted octanol–water partition coefficient (Wildman–Crippen LogP) is 10.5. The minimum atomic E-state index is 0.000237. The minimum absolute atomic E-state index is 0.000237. The van der Waals surface area contributed by atoms with Crippen LogP contribution in [0.4, 0.5) is 0 Å². The molecule has 0 saturated carbocycles. The monoisotopic (exact) mass is 726 g/mol. The molecular formula is C47H71N3O3. The highest BCUT2D eigenvalue weighted by Gasteiger charge is 2.34. The molecule has 0 spiro atoms. The van der Waals surface area contributed by atoms with E-state index < -0.39 is 0 Å². The van der Waals surface area contributed by atoms with Crippen molar-refractivity contribution in [3.63, 3.8) is 0 Å². The number of rotatable bonds is 7. The summed E-state index contributed by atoms with van der Waals surface area (Å²) in [7, 11) is 1.78. The van der Waals surface area contributed by atoms with E-state index in [1.165, 1.54) is 16.7 Å². The molecule has 3 heterocycles. The van der Waals surface area contributed by atoms with E-state index in [-0.39, 0.29) is 28.8 Å². The summed E-state index contributed by atoms with van der Waals surface area (Å²) in [6.07, 6.45) is 6.09. The molecule has 0 aliphatic carbocycles. The Bertz CT molecular complexity index is 1760. The van der Waals surface area contributed by atoms with Gasteiger partial charge in [0, 0.05) is 48.6 Å². The molecule has 6 heteroatoms. The first-order valence-electron chi connectivity index (χ1n) is 20.1. The van der Waals surface area contributed by atoms with Crippen LogP contribution in [0.2, 0.25) is 0 Å². The second kappa shape index (κ2) is 18.6. The lowest BCUT2D eigenvalue weighted by Crippen LogP contribution is -2.42. The number of carbonyl (C=O) groups excluding carboxylic acids is 1. The van der Waals surface area contributed by atoms with Crippen LogP contribution in [-0.2, 0) is 31.2 Å². The van der Waals surface area contributed by atoms with Crippen LogP contribution in [0.1, 0.15) is 127 Å². The van der Waals surface area contributed by atoms with Crippen LogP contribution in [0.25, 0.3) is 11.1 Å². The number of amides is 1. The highest BCUT2D eigenvalue weighted by molar-refractivity contribution is 5.94. The number of piperidine rings is 1. The number of phenolic OH excluding ortho intramolecular Hbond substituents is 1. The molecule has 1 saturated heterocycles. The van der Waals surface area contributed by atoms with Gasteiger partial charge in [-0.15, -0.1) is 0 Å². The standard InChI is InChI=1S/C41H55N3O3.C4H10.C2H6/c1-25-20-33(37-23-42(10)39(46)27(3)26(37)2)22-38(45)36(25)24-43-17-14-31(15-18-43)21-32-12-11-13-34-30(6)44(19-16-35(32)34)40(47)28(4)29(5)41(7,8)9;1-4(2)3;1-2/h11-13,20,22-23,29-31,45H,4,14-19,21,24H2,1-3,5-10H3;4H,1-3H3;1-2H3. The molecule has 2 aliphatic rings. The van der Waals surface area contributed by atoms with Crippen molar-refractivity contribution < 1.29 is 9.90 Å². The quantitative estimate of drug-likeness (QED) is 0.246. The number of hydrogen-bond acceptors (Lipinski definition) is 4. The maximum absolute atomic E-state index is 13.5. The number of aryl methyl sites for hydroxylation is 2. The van der Waals surface area contributed by atoms with Crippen molar-refractivity contribution in [2.45, 2.75) is 128 Å². The summed E-state index contributed by atoms with van der Waals surface area (Å²) in [4.78, 5) is 30.4. The molecule has 5 rings (SSSR count). The van der Waals surface area contributed by atoms with Gasteiger partial charge in [-0.3, -0.25) is 14.5 Å². The number of nitrogens with zero attached hydrogens (tertiary/aromatic N) is 3. The van der Waals surface area contributed by atoms with Crippen molar-refractivity contribution in [2.75, 3.05) is 19.6 Å². The smallest absolute Gasteiger partial charge is 0.253 e. The molecule has 2 aliphatic heterocycles. The molecule has 2 aromatic carbocycles. The van der Waals surface area contributed by atoms with Crippen molar-refractivity contribution in [3.05, 3.63) is 98.0 Å². The average Bonchev–Trinajstić information content (AvgIpc) is 3.10. The lowest BCUT2D eigenvalue weighted by atomic mass is 9.77. The summed E-state index contributed by atoms with van der Waals surface area (Å²) in [6, 6.07) is 10.7. The van der Waals surface area contributed by atoms with Gasteiger partial charge in [0.05, 0.1) is 6.04 Å². The predicted molar refractivity (Wildman–Crippen MR) is 225 cm³/mol. The molecule has 6 nitrogen and oxygen atoms in total. The summed E-state index contributed by atoms with van der Waals surface area (Å²) in [5, 5.41) is 11.2. The third-order valence-corrected chi connectivity index (χ3v) is 11.5. The van der Waals surface area contributed by atoms with Gasteiger partial charge >= 0.3 is 0 Å². The second-order valence-corrected chi connectivity index (χ2v) is 17.2. The van der Waals surface area contributed by atoms with Crippen LogP contribution in [0.15, 0.2) is 53.5 Å². The maximum Gasteiger partial charge on any atom is 0.253 e. The Kier molecular flexibility index (Phi) is 15.4. The lowest BCUT2D eigenvalue weighted by Gasteiger charge is -2.39. The van der Waals surface area contributed by atoms with Crippen LogP contribution < -0.4 is 5.56 Å². The number of fused-ring (bicyclic) bond motifs is 1. The van der Waals surface area contributed by atoms with Gasteiger partial charge in [0.2, 0.25) is 5.91 Å². The van der Waals surface area contributed by atoms with Crippen molar-refractivity contribution in [3.8, 4) is 16.9 Å². The zero-order chi connectivity index (χ0) is 39.9. The summed E-state index contributed by atoms with van der Waals surface area (Å²) in [5.41, 5.74) is 10.6. The highest BCUT2D eigenvalue weighted by atomic mass is 16.3. The first-order valence-corrected chi connectivity index (χ1v) is 20.1. The lowest BCUT2D eigenvalue weighted by molar-refractivity contribution is -0.130. The van der Waals surface area contributed by atoms with E-state index in [0.29, 0.717) is 17.2 Å². The molecule has 292 valence electrons. The van der Waals surface area contributed by atoms with Crippen molar-refractivity contribution in [1.82, 2.24) is 14.4 Å². The summed E-state index contributed by atoms with van der Waals surface area (Å²) >= 11 is 0. The number of carbonyl (C=O) groups is 1. The first kappa shape index (κ1) is 43.8. The molecule has 0 radical (unpaired) electrons. The van der Waals surface area contributed by atoms with Gasteiger partial charge in [0.25, 0.3) is 5.56 Å². The van der Waals surface area contributed by atoms with Crippen LogP contribution >= 0.6 is 0 Å². The Morgan fingerprint density at radius 3 is 2.15 bits per heavy atom. The van der Waals surface area contributed by atoms with Crippen molar-refractivity contribution in [2.24, 2.45) is 30.2 Å². The molecule has 1 amide bonds. The Morgan fingerprint density at radius 2 is 1.58 bits per heavy atom. The van der Waals surface area contributed by atoms with Gasteiger partial charge in [-0.2, -0.15) is 0 Å². The van der Waals surface area contributed by atoms with Gasteiger partial charge in [0.15, 0.2) is 0 Å². The number of hydrogen-bond donors (Lipinski definition) is 1. The number of aromatic nitrogens is 1. The Morgan fingerprint density at radius 1 is 0.981 bits per heavy atom. The van der Waals surface area contributed by atoms with Crippen LogP contribution in [0, 0.1) is 43.9 Å². The van der Waals surface area contributed by atoms with Gasteiger partial charge < -0.3 is 14.6 Å². The minimum Gasteiger partial charge on any atom is -0.508 e. The van der Waals surface area contributed by atoms with Crippen LogP contribution in [-0.4, -0.2) is 45.0 Å². The van der Waals surface area contributed by atoms with E-state index >= 15 is 0 Å². The van der Waals surface area contributed by atoms with Gasteiger partial charge in [0.1, 0.15) is 5.75 Å². The van der Waals surface area contributed by atoms with E-state index in [4.69, 9.17) is 0 Å². The highest BCUT2D eigenvalue weighted by Crippen LogP contribution is 2.38. The second-order valence-electron chi connectivity index (χ2n) is 17.2. The topological polar surface area (TPSA) is 65.8 Å². The molecule has 0 bridgehead atoms. The van der Waals surface area contributed by atoms with Crippen molar-refractivity contribution >= 4 is 5.91 Å². The zero-order valence-electron chi connectivity index (χ0n) is 35.7. The average molecular weight is 726 g/mol. The third-order valence-electron chi connectivity index (χ3n) is 11.5. The maximum atomic E-state index is 13.5. The Labute approximate surface area is 322 Å². The molecular weight excluding hydrogens is 655 g/mol. The van der Waals surface area contributed by atoms with Crippen LogP contribution in [0.5, 0.6) is 5.75 Å². The number of benzene rings is 2. The fraction of sp³-hybridized carbons (Fsp3) is 0.574. The molecule has 1 aromatic heterocycles. The SMILES string of the molecule is C=C(C(=O)N1CCc2c(CC3CCN(Cc4c(C)cc(-c5cn(C)c(=O)c(C)c5C)cc4O)CC3)cccc2C1C)C(C)C(C)(C)C.CC.CC(C)C. The largest absolute Gasteiger partial charge is 0.508 e. The number of phenols is 1. The fourth-order valence-electron chi connectivity index (χ4n) is 7.62.